The number of aromatic nitrogens is 3. The quantitative estimate of drug-likeness (QED) is 0.769. The molecule has 0 spiro atoms. The Bertz CT molecular complexity index is 725. The number of hydrogen-bond acceptors (Lipinski definition) is 4. The van der Waals surface area contributed by atoms with E-state index >= 15 is 0 Å². The molecular weight excluding hydrogens is 264 g/mol. The standard InChI is InChI=1S/C13H11ClN4O/c1-19-10-6-11-12(15-7-10)17-18-13(11)16-9-4-2-3-8(14)5-9/h2-7H,1H3,(H2,15,16,17,18). The number of H-pyrrole nitrogens is 1. The van der Waals surface area contributed by atoms with Crippen molar-refractivity contribution in [1.29, 1.82) is 0 Å². The van der Waals surface area contributed by atoms with Gasteiger partial charge in [0, 0.05) is 10.7 Å². The molecule has 19 heavy (non-hydrogen) atoms. The van der Waals surface area contributed by atoms with Gasteiger partial charge in [-0.15, -0.1) is 0 Å². The number of nitrogens with one attached hydrogen (secondary N) is 2. The summed E-state index contributed by atoms with van der Waals surface area (Å²) >= 11 is 5.95. The molecule has 2 aromatic heterocycles. The van der Waals surface area contributed by atoms with Gasteiger partial charge in [-0.25, -0.2) is 4.98 Å². The van der Waals surface area contributed by atoms with Gasteiger partial charge in [-0.2, -0.15) is 5.10 Å². The molecule has 3 aromatic rings. The number of anilines is 2. The highest BCUT2D eigenvalue weighted by molar-refractivity contribution is 6.30. The van der Waals surface area contributed by atoms with E-state index in [1.54, 1.807) is 13.3 Å². The van der Waals surface area contributed by atoms with Crippen LogP contribution in [-0.4, -0.2) is 22.3 Å². The van der Waals surface area contributed by atoms with E-state index in [0.29, 0.717) is 22.2 Å². The SMILES string of the molecule is COc1cnc2[nH]nc(Nc3cccc(Cl)c3)c2c1. The van der Waals surface area contributed by atoms with Crippen LogP contribution in [0.25, 0.3) is 11.0 Å². The summed E-state index contributed by atoms with van der Waals surface area (Å²) in [6, 6.07) is 9.31. The number of aromatic amines is 1. The number of ether oxygens (including phenoxy) is 1. The summed E-state index contributed by atoms with van der Waals surface area (Å²) in [4.78, 5) is 4.22. The van der Waals surface area contributed by atoms with Gasteiger partial charge in [0.25, 0.3) is 0 Å². The van der Waals surface area contributed by atoms with E-state index in [-0.39, 0.29) is 0 Å². The molecule has 0 amide bonds. The molecule has 0 aliphatic carbocycles. The molecule has 1 aromatic carbocycles. The zero-order valence-corrected chi connectivity index (χ0v) is 10.9. The fourth-order valence-electron chi connectivity index (χ4n) is 1.79. The van der Waals surface area contributed by atoms with Gasteiger partial charge in [-0.1, -0.05) is 17.7 Å². The van der Waals surface area contributed by atoms with Gasteiger partial charge in [-0.05, 0) is 24.3 Å². The van der Waals surface area contributed by atoms with Crippen molar-refractivity contribution in [2.24, 2.45) is 0 Å². The molecule has 2 heterocycles. The van der Waals surface area contributed by atoms with Crippen LogP contribution in [0.4, 0.5) is 11.5 Å². The number of rotatable bonds is 3. The van der Waals surface area contributed by atoms with Crippen LogP contribution in [0.15, 0.2) is 36.5 Å². The van der Waals surface area contributed by atoms with Crippen LogP contribution in [-0.2, 0) is 0 Å². The van der Waals surface area contributed by atoms with E-state index < -0.39 is 0 Å². The summed E-state index contributed by atoms with van der Waals surface area (Å²) in [5.41, 5.74) is 1.56. The maximum Gasteiger partial charge on any atom is 0.161 e. The van der Waals surface area contributed by atoms with Crippen LogP contribution in [0.1, 0.15) is 0 Å². The second-order valence-corrected chi connectivity index (χ2v) is 4.42. The molecule has 0 fully saturated rings. The Kier molecular flexibility index (Phi) is 2.97. The molecule has 0 atom stereocenters. The topological polar surface area (TPSA) is 62.8 Å². The first-order valence-corrected chi connectivity index (χ1v) is 6.05. The van der Waals surface area contributed by atoms with Crippen molar-refractivity contribution in [3.8, 4) is 5.75 Å². The molecule has 0 saturated carbocycles. The van der Waals surface area contributed by atoms with Crippen molar-refractivity contribution in [1.82, 2.24) is 15.2 Å². The van der Waals surface area contributed by atoms with Gasteiger partial charge in [0.1, 0.15) is 5.75 Å². The highest BCUT2D eigenvalue weighted by Crippen LogP contribution is 2.26. The van der Waals surface area contributed by atoms with E-state index in [4.69, 9.17) is 16.3 Å². The van der Waals surface area contributed by atoms with Crippen molar-refractivity contribution in [2.45, 2.75) is 0 Å². The largest absolute Gasteiger partial charge is 0.495 e. The predicted octanol–water partition coefficient (Wildman–Crippen LogP) is 3.36. The van der Waals surface area contributed by atoms with Crippen LogP contribution in [0.5, 0.6) is 5.75 Å². The highest BCUT2D eigenvalue weighted by Gasteiger charge is 2.08. The van der Waals surface area contributed by atoms with Crippen molar-refractivity contribution in [3.63, 3.8) is 0 Å². The van der Waals surface area contributed by atoms with Crippen LogP contribution in [0.3, 0.4) is 0 Å². The van der Waals surface area contributed by atoms with Crippen LogP contribution in [0.2, 0.25) is 5.02 Å². The summed E-state index contributed by atoms with van der Waals surface area (Å²) in [5, 5.41) is 11.8. The first-order valence-electron chi connectivity index (χ1n) is 5.67. The molecule has 0 aliphatic rings. The van der Waals surface area contributed by atoms with Gasteiger partial charge in [-0.3, -0.25) is 5.10 Å². The van der Waals surface area contributed by atoms with E-state index in [9.17, 15) is 0 Å². The van der Waals surface area contributed by atoms with Gasteiger partial charge in [0.15, 0.2) is 11.5 Å². The van der Waals surface area contributed by atoms with Crippen molar-refractivity contribution >= 4 is 34.1 Å². The molecule has 0 unspecified atom stereocenters. The number of halogens is 1. The number of methoxy groups -OCH3 is 1. The van der Waals surface area contributed by atoms with Crippen molar-refractivity contribution in [3.05, 3.63) is 41.6 Å². The highest BCUT2D eigenvalue weighted by atomic mass is 35.5. The first-order chi connectivity index (χ1) is 9.26. The Labute approximate surface area is 114 Å². The molecule has 0 radical (unpaired) electrons. The van der Waals surface area contributed by atoms with E-state index in [0.717, 1.165) is 11.1 Å². The summed E-state index contributed by atoms with van der Waals surface area (Å²) in [6.45, 7) is 0. The third kappa shape index (κ3) is 2.32. The Morgan fingerprint density at radius 2 is 2.21 bits per heavy atom. The van der Waals surface area contributed by atoms with Crippen LogP contribution in [0, 0.1) is 0 Å². The second kappa shape index (κ2) is 4.78. The van der Waals surface area contributed by atoms with Gasteiger partial charge < -0.3 is 10.1 Å². The number of hydrogen-bond donors (Lipinski definition) is 2. The predicted molar refractivity (Wildman–Crippen MR) is 75.2 cm³/mol. The average Bonchev–Trinajstić information content (AvgIpc) is 2.81. The molecule has 5 nitrogen and oxygen atoms in total. The monoisotopic (exact) mass is 274 g/mol. The summed E-state index contributed by atoms with van der Waals surface area (Å²) in [5.74, 6) is 1.37. The summed E-state index contributed by atoms with van der Waals surface area (Å²) in [6.07, 6.45) is 1.64. The van der Waals surface area contributed by atoms with Gasteiger partial charge >= 0.3 is 0 Å². The zero-order chi connectivity index (χ0) is 13.2. The number of fused-ring (bicyclic) bond motifs is 1. The minimum absolute atomic E-state index is 0.667. The smallest absolute Gasteiger partial charge is 0.161 e. The lowest BCUT2D eigenvalue weighted by atomic mass is 10.3. The first kappa shape index (κ1) is 11.8. The Morgan fingerprint density at radius 1 is 1.32 bits per heavy atom. The Balaban J connectivity index is 2.00. The zero-order valence-electron chi connectivity index (χ0n) is 10.1. The van der Waals surface area contributed by atoms with E-state index in [1.165, 1.54) is 0 Å². The fourth-order valence-corrected chi connectivity index (χ4v) is 1.98. The van der Waals surface area contributed by atoms with E-state index in [2.05, 4.69) is 20.5 Å². The molecule has 0 saturated heterocycles. The van der Waals surface area contributed by atoms with Gasteiger partial charge in [0.05, 0.1) is 18.7 Å². The van der Waals surface area contributed by atoms with Crippen LogP contribution >= 0.6 is 11.6 Å². The van der Waals surface area contributed by atoms with E-state index in [1.807, 2.05) is 30.3 Å². The minimum Gasteiger partial charge on any atom is -0.495 e. The lowest BCUT2D eigenvalue weighted by Crippen LogP contribution is -1.91. The second-order valence-electron chi connectivity index (χ2n) is 3.98. The third-order valence-electron chi connectivity index (χ3n) is 2.71. The van der Waals surface area contributed by atoms with Crippen LogP contribution < -0.4 is 10.1 Å². The molecule has 6 heteroatoms. The average molecular weight is 275 g/mol. The Morgan fingerprint density at radius 3 is 3.00 bits per heavy atom. The lowest BCUT2D eigenvalue weighted by Gasteiger charge is -2.04. The molecule has 3 rings (SSSR count). The molecule has 96 valence electrons. The molecule has 0 aliphatic heterocycles. The Hall–Kier alpha value is -2.27. The summed E-state index contributed by atoms with van der Waals surface area (Å²) in [7, 11) is 1.60. The number of pyridine rings is 1. The normalized spacial score (nSPS) is 10.6. The van der Waals surface area contributed by atoms with Crippen molar-refractivity contribution in [2.75, 3.05) is 12.4 Å². The van der Waals surface area contributed by atoms with Crippen molar-refractivity contribution < 1.29 is 4.74 Å². The molecule has 2 N–H and O–H groups in total. The van der Waals surface area contributed by atoms with Gasteiger partial charge in [0.2, 0.25) is 0 Å². The number of nitrogens with zero attached hydrogens (tertiary/aromatic N) is 2. The maximum absolute atomic E-state index is 5.95. The fraction of sp³-hybridized carbons (Fsp3) is 0.0769. The minimum atomic E-state index is 0.667. The third-order valence-corrected chi connectivity index (χ3v) is 2.95. The molecular formula is C13H11ClN4O. The lowest BCUT2D eigenvalue weighted by molar-refractivity contribution is 0.414. The summed E-state index contributed by atoms with van der Waals surface area (Å²) < 4.78 is 5.16. The number of benzene rings is 1. The maximum atomic E-state index is 5.95. The molecule has 0 bridgehead atoms.